The van der Waals surface area contributed by atoms with Crippen molar-refractivity contribution >= 4 is 39.8 Å². The van der Waals surface area contributed by atoms with Gasteiger partial charge in [0, 0.05) is 17.5 Å². The molecular weight excluding hydrogens is 324 g/mol. The number of carbonyl (C=O) groups excluding carboxylic acids is 2. The maximum atomic E-state index is 11.9. The lowest BCUT2D eigenvalue weighted by Gasteiger charge is -2.04. The Morgan fingerprint density at radius 2 is 2.18 bits per heavy atom. The molecule has 114 valence electrons. The molecule has 0 fully saturated rings. The van der Waals surface area contributed by atoms with Gasteiger partial charge in [-0.1, -0.05) is 29.8 Å². The zero-order valence-corrected chi connectivity index (χ0v) is 13.1. The largest absolute Gasteiger partial charge is 0.453 e. The van der Waals surface area contributed by atoms with Gasteiger partial charge < -0.3 is 10.1 Å². The molecule has 0 bridgehead atoms. The fourth-order valence-corrected chi connectivity index (χ4v) is 2.51. The second-order valence-corrected chi connectivity index (χ2v) is 5.45. The van der Waals surface area contributed by atoms with Crippen LogP contribution in [0.1, 0.15) is 20.8 Å². The van der Waals surface area contributed by atoms with E-state index in [1.807, 2.05) is 0 Å². The van der Waals surface area contributed by atoms with E-state index in [-0.39, 0.29) is 18.1 Å². The number of hydrogen-bond acceptors (Lipinski definition) is 6. The number of halogens is 1. The number of ketones is 1. The van der Waals surface area contributed by atoms with Crippen molar-refractivity contribution in [2.75, 3.05) is 18.5 Å². The van der Waals surface area contributed by atoms with E-state index in [1.54, 1.807) is 35.7 Å². The Kier molecular flexibility index (Phi) is 5.68. The Bertz CT molecular complexity index is 700. The zero-order valence-electron chi connectivity index (χ0n) is 11.5. The van der Waals surface area contributed by atoms with Crippen LogP contribution >= 0.6 is 22.9 Å². The van der Waals surface area contributed by atoms with Crippen molar-refractivity contribution in [1.82, 2.24) is 4.98 Å². The van der Waals surface area contributed by atoms with Gasteiger partial charge in [-0.05, 0) is 12.1 Å². The number of nitrogens with zero attached hydrogens (tertiary/aromatic N) is 1. The van der Waals surface area contributed by atoms with Crippen molar-refractivity contribution in [2.24, 2.45) is 0 Å². The lowest BCUT2D eigenvalue weighted by Crippen LogP contribution is -2.15. The Hall–Kier alpha value is -2.18. The summed E-state index contributed by atoms with van der Waals surface area (Å²) in [6.45, 7) is 3.75. The standard InChI is InChI=1S/C15H13ClN2O3S/c1-2-7-17-15-18-12(9-22-15)14(20)21-8-13(19)10-5-3-4-6-11(10)16/h2-6,9H,1,7-8H2,(H,17,18). The van der Waals surface area contributed by atoms with Gasteiger partial charge in [-0.25, -0.2) is 9.78 Å². The van der Waals surface area contributed by atoms with Crippen molar-refractivity contribution in [2.45, 2.75) is 0 Å². The lowest BCUT2D eigenvalue weighted by atomic mass is 10.1. The Labute approximate surface area is 136 Å². The van der Waals surface area contributed by atoms with Gasteiger partial charge in [0.05, 0.1) is 5.02 Å². The van der Waals surface area contributed by atoms with Crippen molar-refractivity contribution in [1.29, 1.82) is 0 Å². The molecule has 1 heterocycles. The minimum absolute atomic E-state index is 0.156. The normalized spacial score (nSPS) is 10.0. The number of esters is 1. The lowest BCUT2D eigenvalue weighted by molar-refractivity contribution is 0.0470. The van der Waals surface area contributed by atoms with Gasteiger partial charge in [-0.3, -0.25) is 4.79 Å². The first-order valence-corrected chi connectivity index (χ1v) is 7.62. The topological polar surface area (TPSA) is 68.3 Å². The molecule has 2 aromatic rings. The SMILES string of the molecule is C=CCNc1nc(C(=O)OCC(=O)c2ccccc2Cl)cs1. The summed E-state index contributed by atoms with van der Waals surface area (Å²) in [6.07, 6.45) is 1.68. The highest BCUT2D eigenvalue weighted by molar-refractivity contribution is 7.13. The van der Waals surface area contributed by atoms with Crippen LogP contribution in [-0.4, -0.2) is 29.9 Å². The highest BCUT2D eigenvalue weighted by Crippen LogP contribution is 2.17. The van der Waals surface area contributed by atoms with E-state index in [4.69, 9.17) is 16.3 Å². The van der Waals surface area contributed by atoms with Gasteiger partial charge in [0.2, 0.25) is 5.78 Å². The Balaban J connectivity index is 1.92. The predicted molar refractivity (Wildman–Crippen MR) is 86.9 cm³/mol. The van der Waals surface area contributed by atoms with Gasteiger partial charge in [-0.15, -0.1) is 17.9 Å². The van der Waals surface area contributed by atoms with Crippen molar-refractivity contribution in [3.05, 3.63) is 58.6 Å². The number of benzene rings is 1. The zero-order chi connectivity index (χ0) is 15.9. The molecule has 1 aromatic heterocycles. The first-order valence-electron chi connectivity index (χ1n) is 6.37. The maximum absolute atomic E-state index is 11.9. The number of nitrogens with one attached hydrogen (secondary N) is 1. The molecule has 0 amide bonds. The van der Waals surface area contributed by atoms with Gasteiger partial charge in [0.1, 0.15) is 0 Å². The average Bonchev–Trinajstić information content (AvgIpc) is 2.99. The molecule has 0 radical (unpaired) electrons. The fourth-order valence-electron chi connectivity index (χ4n) is 1.58. The fraction of sp³-hybridized carbons (Fsp3) is 0.133. The van der Waals surface area contributed by atoms with Crippen molar-refractivity contribution in [3.63, 3.8) is 0 Å². The van der Waals surface area contributed by atoms with E-state index in [2.05, 4.69) is 16.9 Å². The third kappa shape index (κ3) is 4.16. The molecule has 0 aliphatic rings. The Morgan fingerprint density at radius 1 is 1.41 bits per heavy atom. The number of thiazole rings is 1. The van der Waals surface area contributed by atoms with Crippen molar-refractivity contribution in [3.8, 4) is 0 Å². The van der Waals surface area contributed by atoms with E-state index in [0.717, 1.165) is 0 Å². The molecule has 0 unspecified atom stereocenters. The average molecular weight is 337 g/mol. The second-order valence-electron chi connectivity index (χ2n) is 4.19. The maximum Gasteiger partial charge on any atom is 0.358 e. The molecule has 0 aliphatic carbocycles. The van der Waals surface area contributed by atoms with Crippen molar-refractivity contribution < 1.29 is 14.3 Å². The smallest absolute Gasteiger partial charge is 0.358 e. The van der Waals surface area contributed by atoms with E-state index < -0.39 is 5.97 Å². The van der Waals surface area contributed by atoms with Crippen LogP contribution in [0.5, 0.6) is 0 Å². The number of carbonyl (C=O) groups is 2. The summed E-state index contributed by atoms with van der Waals surface area (Å²) in [5, 5.41) is 5.44. The summed E-state index contributed by atoms with van der Waals surface area (Å²) >= 11 is 7.19. The molecule has 2 rings (SSSR count). The van der Waals surface area contributed by atoms with Crippen LogP contribution < -0.4 is 5.32 Å². The molecule has 0 saturated carbocycles. The molecule has 5 nitrogen and oxygen atoms in total. The summed E-state index contributed by atoms with van der Waals surface area (Å²) in [4.78, 5) is 27.8. The first-order chi connectivity index (χ1) is 10.6. The van der Waals surface area contributed by atoms with Crippen LogP contribution in [-0.2, 0) is 4.74 Å². The van der Waals surface area contributed by atoms with E-state index in [1.165, 1.54) is 11.3 Å². The van der Waals surface area contributed by atoms with Crippen LogP contribution in [0.15, 0.2) is 42.3 Å². The number of anilines is 1. The summed E-state index contributed by atoms with van der Waals surface area (Å²) in [6, 6.07) is 6.60. The molecule has 22 heavy (non-hydrogen) atoms. The number of Topliss-reactive ketones (excluding diaryl/α,β-unsaturated/α-hetero) is 1. The molecule has 0 aliphatic heterocycles. The van der Waals surface area contributed by atoms with E-state index >= 15 is 0 Å². The van der Waals surface area contributed by atoms with Crippen LogP contribution in [0.3, 0.4) is 0 Å². The number of hydrogen-bond donors (Lipinski definition) is 1. The minimum Gasteiger partial charge on any atom is -0.453 e. The molecule has 0 spiro atoms. The summed E-state index contributed by atoms with van der Waals surface area (Å²) in [7, 11) is 0. The summed E-state index contributed by atoms with van der Waals surface area (Å²) in [5.74, 6) is -1.01. The third-order valence-electron chi connectivity index (χ3n) is 2.62. The highest BCUT2D eigenvalue weighted by atomic mass is 35.5. The molecule has 1 aromatic carbocycles. The van der Waals surface area contributed by atoms with Gasteiger partial charge in [-0.2, -0.15) is 0 Å². The quantitative estimate of drug-likeness (QED) is 0.476. The molecule has 1 N–H and O–H groups in total. The van der Waals surface area contributed by atoms with Crippen LogP contribution in [0.2, 0.25) is 5.02 Å². The van der Waals surface area contributed by atoms with Gasteiger partial charge in [0.15, 0.2) is 17.4 Å². The predicted octanol–water partition coefficient (Wildman–Crippen LogP) is 3.43. The van der Waals surface area contributed by atoms with Gasteiger partial charge >= 0.3 is 5.97 Å². The number of rotatable bonds is 7. The van der Waals surface area contributed by atoms with Crippen LogP contribution in [0.25, 0.3) is 0 Å². The molecule has 0 saturated heterocycles. The summed E-state index contributed by atoms with van der Waals surface area (Å²) in [5.41, 5.74) is 0.479. The van der Waals surface area contributed by atoms with Crippen LogP contribution in [0.4, 0.5) is 5.13 Å². The third-order valence-corrected chi connectivity index (χ3v) is 3.75. The van der Waals surface area contributed by atoms with Gasteiger partial charge in [0.25, 0.3) is 0 Å². The second kappa shape index (κ2) is 7.72. The Morgan fingerprint density at radius 3 is 2.91 bits per heavy atom. The first kappa shape index (κ1) is 16.2. The molecule has 0 atom stereocenters. The number of ether oxygens (including phenoxy) is 1. The molecule has 7 heteroatoms. The monoisotopic (exact) mass is 336 g/mol. The molecular formula is C15H13ClN2O3S. The highest BCUT2D eigenvalue weighted by Gasteiger charge is 2.16. The van der Waals surface area contributed by atoms with Crippen LogP contribution in [0, 0.1) is 0 Å². The van der Waals surface area contributed by atoms with E-state index in [9.17, 15) is 9.59 Å². The minimum atomic E-state index is -0.650. The van der Waals surface area contributed by atoms with E-state index in [0.29, 0.717) is 22.3 Å². The summed E-state index contributed by atoms with van der Waals surface area (Å²) < 4.78 is 4.97. The number of aromatic nitrogens is 1.